The van der Waals surface area contributed by atoms with Crippen LogP contribution in [0.1, 0.15) is 29.0 Å². The van der Waals surface area contributed by atoms with Crippen molar-refractivity contribution in [3.63, 3.8) is 0 Å². The molecule has 0 aliphatic heterocycles. The average Bonchev–Trinajstić information content (AvgIpc) is 2.85. The normalized spacial score (nSPS) is 14.2. The first-order valence-electron chi connectivity index (χ1n) is 7.15. The highest BCUT2D eigenvalue weighted by Gasteiger charge is 2.23. The van der Waals surface area contributed by atoms with Crippen LogP contribution >= 0.6 is 11.3 Å². The van der Waals surface area contributed by atoms with Gasteiger partial charge in [0, 0.05) is 17.5 Å². The summed E-state index contributed by atoms with van der Waals surface area (Å²) in [6, 6.07) is 10.7. The fourth-order valence-electron chi connectivity index (χ4n) is 2.65. The van der Waals surface area contributed by atoms with Gasteiger partial charge in [0.25, 0.3) is 0 Å². The van der Waals surface area contributed by atoms with E-state index in [1.807, 2.05) is 12.1 Å². The molecule has 2 N–H and O–H groups in total. The number of hydrogen-bond donors (Lipinski definition) is 1. The lowest BCUT2D eigenvalue weighted by Crippen LogP contribution is -2.36. The van der Waals surface area contributed by atoms with Crippen molar-refractivity contribution in [2.45, 2.75) is 32.5 Å². The van der Waals surface area contributed by atoms with E-state index in [0.717, 1.165) is 12.3 Å². The third-order valence-corrected chi connectivity index (χ3v) is 4.82. The topological polar surface area (TPSA) is 38.5 Å². The van der Waals surface area contributed by atoms with Gasteiger partial charge in [-0.3, -0.25) is 4.90 Å². The molecule has 1 heterocycles. The number of nitrogens with two attached hydrogens (primary N) is 1. The van der Waals surface area contributed by atoms with Crippen LogP contribution in [-0.4, -0.2) is 25.1 Å². The summed E-state index contributed by atoms with van der Waals surface area (Å²) < 4.78 is 5.20. The Kier molecular flexibility index (Phi) is 5.39. The highest BCUT2D eigenvalue weighted by atomic mass is 32.1. The summed E-state index contributed by atoms with van der Waals surface area (Å²) in [6.45, 7) is 5.10. The second-order valence-corrected chi connectivity index (χ2v) is 6.48. The van der Waals surface area contributed by atoms with Gasteiger partial charge in [-0.1, -0.05) is 12.1 Å². The first-order chi connectivity index (χ1) is 10.0. The van der Waals surface area contributed by atoms with E-state index in [9.17, 15) is 0 Å². The van der Waals surface area contributed by atoms with E-state index < -0.39 is 0 Å². The summed E-state index contributed by atoms with van der Waals surface area (Å²) in [5.74, 6) is 0.888. The van der Waals surface area contributed by atoms with Gasteiger partial charge in [-0.25, -0.2) is 0 Å². The van der Waals surface area contributed by atoms with E-state index in [1.165, 1.54) is 16.0 Å². The first-order valence-corrected chi connectivity index (χ1v) is 8.03. The number of thiophene rings is 1. The van der Waals surface area contributed by atoms with Crippen molar-refractivity contribution in [2.75, 3.05) is 14.2 Å². The SMILES string of the molecule is COc1ccc(CN(C)C(c2sccc2C)C(C)N)cc1. The summed E-state index contributed by atoms with van der Waals surface area (Å²) in [7, 11) is 3.82. The molecular weight excluding hydrogens is 280 g/mol. The molecule has 0 fully saturated rings. The highest BCUT2D eigenvalue weighted by Crippen LogP contribution is 2.31. The Labute approximate surface area is 131 Å². The lowest BCUT2D eigenvalue weighted by atomic mass is 10.0. The van der Waals surface area contributed by atoms with Gasteiger partial charge in [0.1, 0.15) is 5.75 Å². The van der Waals surface area contributed by atoms with Crippen molar-refractivity contribution in [3.05, 3.63) is 51.7 Å². The summed E-state index contributed by atoms with van der Waals surface area (Å²) in [4.78, 5) is 3.69. The number of nitrogens with zero attached hydrogens (tertiary/aromatic N) is 1. The van der Waals surface area contributed by atoms with Gasteiger partial charge in [-0.2, -0.15) is 0 Å². The van der Waals surface area contributed by atoms with E-state index in [0.29, 0.717) is 0 Å². The molecule has 21 heavy (non-hydrogen) atoms. The Bertz CT molecular complexity index is 562. The maximum atomic E-state index is 6.24. The third-order valence-electron chi connectivity index (χ3n) is 3.73. The Morgan fingerprint density at radius 1 is 1.24 bits per heavy atom. The molecular formula is C17H24N2OS. The Morgan fingerprint density at radius 3 is 2.38 bits per heavy atom. The van der Waals surface area contributed by atoms with Crippen LogP contribution in [0, 0.1) is 6.92 Å². The molecule has 2 atom stereocenters. The number of likely N-dealkylation sites (N-methyl/N-ethyl adjacent to an activating group) is 1. The molecule has 0 amide bonds. The van der Waals surface area contributed by atoms with Crippen LogP contribution < -0.4 is 10.5 Å². The standard InChI is InChI=1S/C17H24N2OS/c1-12-9-10-21-17(12)16(13(2)18)19(3)11-14-5-7-15(20-4)8-6-14/h5-10,13,16H,11,18H2,1-4H3. The summed E-state index contributed by atoms with van der Waals surface area (Å²) in [5, 5.41) is 2.14. The molecule has 0 bridgehead atoms. The van der Waals surface area contributed by atoms with Crippen molar-refractivity contribution in [3.8, 4) is 5.75 Å². The van der Waals surface area contributed by atoms with Crippen molar-refractivity contribution >= 4 is 11.3 Å². The molecule has 3 nitrogen and oxygen atoms in total. The Hall–Kier alpha value is -1.36. The minimum Gasteiger partial charge on any atom is -0.497 e. The fourth-order valence-corrected chi connectivity index (χ4v) is 3.85. The van der Waals surface area contributed by atoms with Gasteiger partial charge in [0.05, 0.1) is 13.2 Å². The monoisotopic (exact) mass is 304 g/mol. The molecule has 0 saturated heterocycles. The quantitative estimate of drug-likeness (QED) is 0.886. The molecule has 0 spiro atoms. The predicted octanol–water partition coefficient (Wildman–Crippen LogP) is 3.59. The van der Waals surface area contributed by atoms with E-state index in [2.05, 4.69) is 49.4 Å². The predicted molar refractivity (Wildman–Crippen MR) is 89.9 cm³/mol. The highest BCUT2D eigenvalue weighted by molar-refractivity contribution is 7.10. The van der Waals surface area contributed by atoms with E-state index in [4.69, 9.17) is 10.5 Å². The maximum Gasteiger partial charge on any atom is 0.118 e. The van der Waals surface area contributed by atoms with Gasteiger partial charge < -0.3 is 10.5 Å². The van der Waals surface area contributed by atoms with Crippen molar-refractivity contribution in [2.24, 2.45) is 5.73 Å². The molecule has 2 aromatic rings. The van der Waals surface area contributed by atoms with E-state index in [-0.39, 0.29) is 12.1 Å². The van der Waals surface area contributed by atoms with Crippen LogP contribution in [0.25, 0.3) is 0 Å². The molecule has 1 aromatic heterocycles. The maximum absolute atomic E-state index is 6.24. The molecule has 1 aromatic carbocycles. The summed E-state index contributed by atoms with van der Waals surface area (Å²) in [5.41, 5.74) is 8.83. The second kappa shape index (κ2) is 7.07. The zero-order valence-corrected chi connectivity index (χ0v) is 14.0. The molecule has 0 radical (unpaired) electrons. The minimum absolute atomic E-state index is 0.0885. The van der Waals surface area contributed by atoms with Gasteiger partial charge >= 0.3 is 0 Å². The smallest absolute Gasteiger partial charge is 0.118 e. The average molecular weight is 304 g/mol. The van der Waals surface area contributed by atoms with Crippen molar-refractivity contribution in [1.29, 1.82) is 0 Å². The molecule has 114 valence electrons. The van der Waals surface area contributed by atoms with Crippen LogP contribution in [0.5, 0.6) is 5.75 Å². The minimum atomic E-state index is 0.0885. The lowest BCUT2D eigenvalue weighted by Gasteiger charge is -2.31. The molecule has 4 heteroatoms. The van der Waals surface area contributed by atoms with Crippen LogP contribution in [0.3, 0.4) is 0 Å². The number of rotatable bonds is 6. The van der Waals surface area contributed by atoms with Gasteiger partial charge in [-0.15, -0.1) is 11.3 Å². The third kappa shape index (κ3) is 3.84. The number of ether oxygens (including phenoxy) is 1. The molecule has 0 aliphatic rings. The lowest BCUT2D eigenvalue weighted by molar-refractivity contribution is 0.213. The van der Waals surface area contributed by atoms with Crippen LogP contribution in [0.15, 0.2) is 35.7 Å². The van der Waals surface area contributed by atoms with E-state index >= 15 is 0 Å². The van der Waals surface area contributed by atoms with Gasteiger partial charge in [0.2, 0.25) is 0 Å². The fraction of sp³-hybridized carbons (Fsp3) is 0.412. The molecule has 0 saturated carbocycles. The van der Waals surface area contributed by atoms with Crippen molar-refractivity contribution in [1.82, 2.24) is 4.90 Å². The van der Waals surface area contributed by atoms with E-state index in [1.54, 1.807) is 18.4 Å². The first kappa shape index (κ1) is 16.0. The number of hydrogen-bond acceptors (Lipinski definition) is 4. The Balaban J connectivity index is 2.15. The van der Waals surface area contributed by atoms with Crippen LogP contribution in [-0.2, 0) is 6.54 Å². The second-order valence-electron chi connectivity index (χ2n) is 5.54. The zero-order valence-electron chi connectivity index (χ0n) is 13.2. The number of aryl methyl sites for hydroxylation is 1. The Morgan fingerprint density at radius 2 is 1.90 bits per heavy atom. The number of benzene rings is 1. The summed E-state index contributed by atoms with van der Waals surface area (Å²) in [6.07, 6.45) is 0. The van der Waals surface area contributed by atoms with Gasteiger partial charge in [0.15, 0.2) is 0 Å². The van der Waals surface area contributed by atoms with Crippen molar-refractivity contribution < 1.29 is 4.74 Å². The molecule has 0 aliphatic carbocycles. The largest absolute Gasteiger partial charge is 0.497 e. The number of methoxy groups -OCH3 is 1. The van der Waals surface area contributed by atoms with Gasteiger partial charge in [-0.05, 0) is 55.6 Å². The van der Waals surface area contributed by atoms with Crippen LogP contribution in [0.2, 0.25) is 0 Å². The van der Waals surface area contributed by atoms with Crippen LogP contribution in [0.4, 0.5) is 0 Å². The summed E-state index contributed by atoms with van der Waals surface area (Å²) >= 11 is 1.79. The zero-order chi connectivity index (χ0) is 15.4. The molecule has 2 rings (SSSR count). The molecule has 2 unspecified atom stereocenters.